The summed E-state index contributed by atoms with van der Waals surface area (Å²) in [4.78, 5) is 4.28. The van der Waals surface area contributed by atoms with Gasteiger partial charge in [0.1, 0.15) is 11.5 Å². The van der Waals surface area contributed by atoms with E-state index in [1.165, 1.54) is 0 Å². The van der Waals surface area contributed by atoms with E-state index >= 15 is 0 Å². The minimum atomic E-state index is 0. The van der Waals surface area contributed by atoms with Crippen LogP contribution in [0.4, 0.5) is 0 Å². The fourth-order valence-corrected chi connectivity index (χ4v) is 2.84. The minimum Gasteiger partial charge on any atom is -0.493 e. The Labute approximate surface area is 183 Å². The Morgan fingerprint density at radius 1 is 1.19 bits per heavy atom. The molecule has 0 aliphatic carbocycles. The zero-order valence-corrected chi connectivity index (χ0v) is 19.4. The van der Waals surface area contributed by atoms with Crippen molar-refractivity contribution in [3.05, 3.63) is 45.8 Å². The van der Waals surface area contributed by atoms with Crippen LogP contribution in [0.2, 0.25) is 5.02 Å². The smallest absolute Gasteiger partial charge is 0.191 e. The van der Waals surface area contributed by atoms with Gasteiger partial charge in [0, 0.05) is 42.7 Å². The molecule has 0 amide bonds. The molecule has 0 saturated carbocycles. The van der Waals surface area contributed by atoms with Crippen molar-refractivity contribution in [2.45, 2.75) is 46.7 Å². The van der Waals surface area contributed by atoms with Crippen LogP contribution in [0.3, 0.4) is 0 Å². The van der Waals surface area contributed by atoms with Crippen LogP contribution in [-0.4, -0.2) is 24.8 Å². The van der Waals surface area contributed by atoms with Gasteiger partial charge in [-0.15, -0.1) is 24.0 Å². The van der Waals surface area contributed by atoms with Gasteiger partial charge in [-0.05, 0) is 25.5 Å². The minimum absolute atomic E-state index is 0. The fraction of sp³-hybridized carbons (Fsp3) is 0.474. The molecule has 150 valence electrons. The van der Waals surface area contributed by atoms with Crippen LogP contribution in [0.1, 0.15) is 43.4 Å². The van der Waals surface area contributed by atoms with Gasteiger partial charge in [0.2, 0.25) is 0 Å². The molecule has 6 nitrogen and oxygen atoms in total. The first-order valence-electron chi connectivity index (χ1n) is 8.94. The van der Waals surface area contributed by atoms with Crippen LogP contribution in [0.25, 0.3) is 0 Å². The number of benzene rings is 1. The van der Waals surface area contributed by atoms with Crippen molar-refractivity contribution in [3.8, 4) is 5.75 Å². The van der Waals surface area contributed by atoms with Gasteiger partial charge in [-0.3, -0.25) is 4.99 Å². The molecule has 0 fully saturated rings. The van der Waals surface area contributed by atoms with Crippen LogP contribution in [0.5, 0.6) is 5.75 Å². The van der Waals surface area contributed by atoms with E-state index in [1.807, 2.05) is 25.1 Å². The summed E-state index contributed by atoms with van der Waals surface area (Å²) in [5, 5.41) is 11.4. The molecular formula is C19H28ClIN4O2. The Kier molecular flexibility index (Phi) is 10.5. The molecule has 0 atom stereocenters. The van der Waals surface area contributed by atoms with E-state index < -0.39 is 0 Å². The Morgan fingerprint density at radius 2 is 1.93 bits per heavy atom. The molecule has 0 bridgehead atoms. The largest absolute Gasteiger partial charge is 0.493 e. The summed E-state index contributed by atoms with van der Waals surface area (Å²) in [5.41, 5.74) is 3.12. The highest BCUT2D eigenvalue weighted by Gasteiger charge is 2.14. The summed E-state index contributed by atoms with van der Waals surface area (Å²) in [6.45, 7) is 7.88. The highest BCUT2D eigenvalue weighted by Crippen LogP contribution is 2.23. The normalized spacial score (nSPS) is 11.1. The predicted molar refractivity (Wildman–Crippen MR) is 120 cm³/mol. The lowest BCUT2D eigenvalue weighted by molar-refractivity contribution is 0.336. The quantitative estimate of drug-likeness (QED) is 0.317. The Hall–Kier alpha value is -1.48. The average Bonchev–Trinajstić information content (AvgIpc) is 3.05. The topological polar surface area (TPSA) is 71.7 Å². The lowest BCUT2D eigenvalue weighted by Gasteiger charge is -2.15. The molecule has 0 radical (unpaired) electrons. The number of nitrogens with zero attached hydrogens (tertiary/aromatic N) is 2. The van der Waals surface area contributed by atoms with Crippen LogP contribution < -0.4 is 15.4 Å². The summed E-state index contributed by atoms with van der Waals surface area (Å²) >= 11 is 6.06. The molecule has 0 aliphatic heterocycles. The van der Waals surface area contributed by atoms with Crippen molar-refractivity contribution in [2.24, 2.45) is 4.99 Å². The highest BCUT2D eigenvalue weighted by atomic mass is 127. The lowest BCUT2D eigenvalue weighted by atomic mass is 10.1. The SMILES string of the molecule is CCOc1cc(Cl)ccc1CNC(=NC)NCc1c(CC)noc1CC.I. The zero-order valence-electron chi connectivity index (χ0n) is 16.3. The van der Waals surface area contributed by atoms with Crippen molar-refractivity contribution in [2.75, 3.05) is 13.7 Å². The lowest BCUT2D eigenvalue weighted by Crippen LogP contribution is -2.36. The van der Waals surface area contributed by atoms with Gasteiger partial charge in [-0.2, -0.15) is 0 Å². The van der Waals surface area contributed by atoms with Crippen molar-refractivity contribution in [3.63, 3.8) is 0 Å². The van der Waals surface area contributed by atoms with E-state index in [2.05, 4.69) is 34.6 Å². The predicted octanol–water partition coefficient (Wildman–Crippen LogP) is 4.33. The number of nitrogens with one attached hydrogen (secondary N) is 2. The third-order valence-corrected chi connectivity index (χ3v) is 4.27. The number of aromatic nitrogens is 1. The summed E-state index contributed by atoms with van der Waals surface area (Å²) in [6, 6.07) is 5.64. The third kappa shape index (κ3) is 6.57. The fourth-order valence-electron chi connectivity index (χ4n) is 2.67. The highest BCUT2D eigenvalue weighted by molar-refractivity contribution is 14.0. The first kappa shape index (κ1) is 23.6. The molecule has 1 aromatic carbocycles. The second-order valence-electron chi connectivity index (χ2n) is 5.70. The number of guanidine groups is 1. The third-order valence-electron chi connectivity index (χ3n) is 4.04. The summed E-state index contributed by atoms with van der Waals surface area (Å²) in [7, 11) is 1.75. The number of aliphatic imine (C=N–C) groups is 1. The number of hydrogen-bond acceptors (Lipinski definition) is 4. The molecular weight excluding hydrogens is 479 g/mol. The average molecular weight is 507 g/mol. The van der Waals surface area contributed by atoms with Crippen LogP contribution >= 0.6 is 35.6 Å². The van der Waals surface area contributed by atoms with Gasteiger partial charge in [-0.1, -0.05) is 36.7 Å². The Morgan fingerprint density at radius 3 is 2.56 bits per heavy atom. The molecule has 1 aromatic heterocycles. The van der Waals surface area contributed by atoms with E-state index in [9.17, 15) is 0 Å². The van der Waals surface area contributed by atoms with Crippen molar-refractivity contribution in [1.29, 1.82) is 0 Å². The molecule has 0 saturated heterocycles. The van der Waals surface area contributed by atoms with Crippen LogP contribution in [0, 0.1) is 0 Å². The molecule has 8 heteroatoms. The second kappa shape index (κ2) is 12.1. The molecule has 2 N–H and O–H groups in total. The van der Waals surface area contributed by atoms with Crippen molar-refractivity contribution < 1.29 is 9.26 Å². The molecule has 27 heavy (non-hydrogen) atoms. The number of hydrogen-bond donors (Lipinski definition) is 2. The van der Waals surface area contributed by atoms with Crippen molar-refractivity contribution >= 4 is 41.5 Å². The maximum Gasteiger partial charge on any atom is 0.191 e. The van der Waals surface area contributed by atoms with E-state index in [0.29, 0.717) is 30.7 Å². The first-order valence-corrected chi connectivity index (χ1v) is 9.32. The van der Waals surface area contributed by atoms with Gasteiger partial charge in [-0.25, -0.2) is 0 Å². The summed E-state index contributed by atoms with van der Waals surface area (Å²) in [5.74, 6) is 2.40. The Balaban J connectivity index is 0.00000364. The zero-order chi connectivity index (χ0) is 18.9. The monoisotopic (exact) mass is 506 g/mol. The van der Waals surface area contributed by atoms with Gasteiger partial charge < -0.3 is 19.9 Å². The molecule has 1 heterocycles. The summed E-state index contributed by atoms with van der Waals surface area (Å²) < 4.78 is 11.1. The number of halogens is 2. The van der Waals surface area contributed by atoms with Gasteiger partial charge in [0.05, 0.1) is 12.3 Å². The number of ether oxygens (including phenoxy) is 1. The van der Waals surface area contributed by atoms with Gasteiger partial charge >= 0.3 is 0 Å². The standard InChI is InChI=1S/C19H27ClN4O2.HI/c1-5-16-15(17(6-2)26-24-16)12-23-19(21-4)22-11-13-8-9-14(20)10-18(13)25-7-3;/h8-10H,5-7,11-12H2,1-4H3,(H2,21,22,23);1H. The van der Waals surface area contributed by atoms with Gasteiger partial charge in [0.15, 0.2) is 5.96 Å². The number of rotatable bonds is 8. The molecule has 0 aliphatic rings. The number of aryl methyl sites for hydroxylation is 2. The first-order chi connectivity index (χ1) is 12.6. The van der Waals surface area contributed by atoms with Crippen LogP contribution in [-0.2, 0) is 25.9 Å². The van der Waals surface area contributed by atoms with E-state index in [-0.39, 0.29) is 24.0 Å². The maximum absolute atomic E-state index is 6.06. The molecule has 0 spiro atoms. The van der Waals surface area contributed by atoms with E-state index in [4.69, 9.17) is 20.9 Å². The molecule has 0 unspecified atom stereocenters. The van der Waals surface area contributed by atoms with E-state index in [0.717, 1.165) is 41.2 Å². The van der Waals surface area contributed by atoms with Gasteiger partial charge in [0.25, 0.3) is 0 Å². The van der Waals surface area contributed by atoms with E-state index in [1.54, 1.807) is 7.05 Å². The van der Waals surface area contributed by atoms with Crippen LogP contribution in [0.15, 0.2) is 27.7 Å². The molecule has 2 rings (SSSR count). The second-order valence-corrected chi connectivity index (χ2v) is 6.14. The molecule has 2 aromatic rings. The van der Waals surface area contributed by atoms with Crippen molar-refractivity contribution in [1.82, 2.24) is 15.8 Å². The maximum atomic E-state index is 6.06. The Bertz CT molecular complexity index is 728. The summed E-state index contributed by atoms with van der Waals surface area (Å²) in [6.07, 6.45) is 1.66.